The number of aromatic nitrogens is 1. The molecule has 0 aliphatic heterocycles. The van der Waals surface area contributed by atoms with Crippen molar-refractivity contribution in [2.24, 2.45) is 0 Å². The van der Waals surface area contributed by atoms with Crippen LogP contribution >= 0.6 is 0 Å². The molecular formula is C15H26N2O2. The highest BCUT2D eigenvalue weighted by molar-refractivity contribution is 5.29. The van der Waals surface area contributed by atoms with Gasteiger partial charge in [-0.15, -0.1) is 0 Å². The Morgan fingerprint density at radius 3 is 2.53 bits per heavy atom. The molecular weight excluding hydrogens is 240 g/mol. The fourth-order valence-corrected chi connectivity index (χ4v) is 1.59. The molecule has 0 amide bonds. The van der Waals surface area contributed by atoms with Crippen molar-refractivity contribution >= 4 is 0 Å². The van der Waals surface area contributed by atoms with Gasteiger partial charge in [0, 0.05) is 18.3 Å². The molecule has 1 aromatic heterocycles. The van der Waals surface area contributed by atoms with Gasteiger partial charge in [0.05, 0.1) is 18.4 Å². The van der Waals surface area contributed by atoms with Gasteiger partial charge < -0.3 is 14.8 Å². The fourth-order valence-electron chi connectivity index (χ4n) is 1.59. The van der Waals surface area contributed by atoms with Crippen molar-refractivity contribution in [1.82, 2.24) is 10.3 Å². The third-order valence-corrected chi connectivity index (χ3v) is 2.54. The number of nitrogens with zero attached hydrogens (tertiary/aromatic N) is 1. The average Bonchev–Trinajstić information content (AvgIpc) is 2.33. The van der Waals surface area contributed by atoms with E-state index in [1.54, 1.807) is 0 Å². The number of aryl methyl sites for hydroxylation is 1. The van der Waals surface area contributed by atoms with E-state index in [0.29, 0.717) is 19.3 Å². The van der Waals surface area contributed by atoms with Gasteiger partial charge >= 0.3 is 0 Å². The van der Waals surface area contributed by atoms with Crippen molar-refractivity contribution in [2.45, 2.75) is 53.3 Å². The Morgan fingerprint density at radius 1 is 1.16 bits per heavy atom. The van der Waals surface area contributed by atoms with Crippen molar-refractivity contribution in [3.05, 3.63) is 23.5 Å². The van der Waals surface area contributed by atoms with Crippen LogP contribution in [0.1, 0.15) is 39.1 Å². The Kier molecular flexibility index (Phi) is 6.81. The molecule has 4 nitrogen and oxygen atoms in total. The van der Waals surface area contributed by atoms with Gasteiger partial charge in [-0.1, -0.05) is 13.8 Å². The monoisotopic (exact) mass is 266 g/mol. The summed E-state index contributed by atoms with van der Waals surface area (Å²) >= 11 is 0. The molecule has 0 spiro atoms. The Balaban J connectivity index is 2.55. The molecule has 1 rings (SSSR count). The first-order valence-corrected chi connectivity index (χ1v) is 6.93. The Morgan fingerprint density at radius 2 is 1.89 bits per heavy atom. The third-order valence-electron chi connectivity index (χ3n) is 2.54. The van der Waals surface area contributed by atoms with Gasteiger partial charge in [-0.2, -0.15) is 0 Å². The zero-order chi connectivity index (χ0) is 14.3. The average molecular weight is 266 g/mol. The van der Waals surface area contributed by atoms with E-state index in [2.05, 4.69) is 24.1 Å². The van der Waals surface area contributed by atoms with Crippen molar-refractivity contribution in [3.63, 3.8) is 0 Å². The lowest BCUT2D eigenvalue weighted by atomic mass is 10.2. The van der Waals surface area contributed by atoms with Crippen LogP contribution in [0.15, 0.2) is 12.1 Å². The summed E-state index contributed by atoms with van der Waals surface area (Å²) in [5.41, 5.74) is 1.96. The van der Waals surface area contributed by atoms with Crippen molar-refractivity contribution < 1.29 is 9.47 Å². The quantitative estimate of drug-likeness (QED) is 0.735. The predicted octanol–water partition coefficient (Wildman–Crippen LogP) is 2.69. The van der Waals surface area contributed by atoms with Crippen molar-refractivity contribution in [3.8, 4) is 5.75 Å². The molecule has 0 saturated heterocycles. The van der Waals surface area contributed by atoms with Gasteiger partial charge in [-0.05, 0) is 32.9 Å². The van der Waals surface area contributed by atoms with E-state index in [0.717, 1.165) is 23.7 Å². The second-order valence-electron chi connectivity index (χ2n) is 5.20. The van der Waals surface area contributed by atoms with Gasteiger partial charge in [0.1, 0.15) is 12.4 Å². The summed E-state index contributed by atoms with van der Waals surface area (Å²) in [5.74, 6) is 0.839. The van der Waals surface area contributed by atoms with E-state index >= 15 is 0 Å². The number of hydrogen-bond donors (Lipinski definition) is 1. The van der Waals surface area contributed by atoms with Gasteiger partial charge in [0.2, 0.25) is 0 Å². The Bertz CT molecular complexity index is 378. The molecule has 0 bridgehead atoms. The molecule has 4 heteroatoms. The largest absolute Gasteiger partial charge is 0.489 e. The van der Waals surface area contributed by atoms with Crippen LogP contribution in [0.25, 0.3) is 0 Å². The number of pyridine rings is 1. The van der Waals surface area contributed by atoms with Crippen molar-refractivity contribution in [2.75, 3.05) is 13.2 Å². The highest BCUT2D eigenvalue weighted by atomic mass is 16.5. The zero-order valence-corrected chi connectivity index (χ0v) is 12.7. The molecule has 0 saturated carbocycles. The lowest BCUT2D eigenvalue weighted by Crippen LogP contribution is -2.23. The van der Waals surface area contributed by atoms with Gasteiger partial charge in [0.25, 0.3) is 0 Å². The van der Waals surface area contributed by atoms with Crippen LogP contribution in [0.4, 0.5) is 0 Å². The predicted molar refractivity (Wildman–Crippen MR) is 77.5 cm³/mol. The maximum Gasteiger partial charge on any atom is 0.142 e. The number of ether oxygens (including phenoxy) is 2. The van der Waals surface area contributed by atoms with Crippen molar-refractivity contribution in [1.29, 1.82) is 0 Å². The van der Waals surface area contributed by atoms with Crippen LogP contribution in [0.2, 0.25) is 0 Å². The minimum atomic E-state index is 0.238. The second-order valence-corrected chi connectivity index (χ2v) is 5.20. The van der Waals surface area contributed by atoms with Crippen LogP contribution in [0.3, 0.4) is 0 Å². The van der Waals surface area contributed by atoms with Crippen LogP contribution in [-0.2, 0) is 11.3 Å². The van der Waals surface area contributed by atoms with E-state index in [4.69, 9.17) is 9.47 Å². The first-order valence-electron chi connectivity index (χ1n) is 6.93. The summed E-state index contributed by atoms with van der Waals surface area (Å²) in [6, 6.07) is 4.38. The summed E-state index contributed by atoms with van der Waals surface area (Å²) < 4.78 is 11.2. The first kappa shape index (κ1) is 15.9. The molecule has 1 aromatic rings. The van der Waals surface area contributed by atoms with Gasteiger partial charge in [-0.3, -0.25) is 4.98 Å². The van der Waals surface area contributed by atoms with Crippen LogP contribution < -0.4 is 10.1 Å². The standard InChI is InChI=1S/C15H26N2O2/c1-11(2)16-10-14-15(7-6-13(5)17-14)19-9-8-18-12(3)4/h6-7,11-12,16H,8-10H2,1-5H3. The van der Waals surface area contributed by atoms with Crippen LogP contribution in [0, 0.1) is 6.92 Å². The number of rotatable bonds is 8. The highest BCUT2D eigenvalue weighted by Crippen LogP contribution is 2.17. The molecule has 0 atom stereocenters. The SMILES string of the molecule is Cc1ccc(OCCOC(C)C)c(CNC(C)C)n1. The topological polar surface area (TPSA) is 43.4 Å². The molecule has 19 heavy (non-hydrogen) atoms. The molecule has 0 aromatic carbocycles. The zero-order valence-electron chi connectivity index (χ0n) is 12.7. The molecule has 1 N–H and O–H groups in total. The Labute approximate surface area is 116 Å². The lowest BCUT2D eigenvalue weighted by molar-refractivity contribution is 0.0549. The van der Waals surface area contributed by atoms with Crippen LogP contribution in [0.5, 0.6) is 5.75 Å². The molecule has 0 aliphatic rings. The maximum atomic E-state index is 5.75. The summed E-state index contributed by atoms with van der Waals surface area (Å²) in [6.07, 6.45) is 0.238. The maximum absolute atomic E-state index is 5.75. The Hall–Kier alpha value is -1.13. The second kappa shape index (κ2) is 8.12. The lowest BCUT2D eigenvalue weighted by Gasteiger charge is -2.14. The molecule has 0 radical (unpaired) electrons. The van der Waals surface area contributed by atoms with E-state index in [1.165, 1.54) is 0 Å². The van der Waals surface area contributed by atoms with E-state index in [1.807, 2.05) is 32.9 Å². The number of hydrogen-bond acceptors (Lipinski definition) is 4. The minimum absolute atomic E-state index is 0.238. The van der Waals surface area contributed by atoms with Gasteiger partial charge in [-0.25, -0.2) is 0 Å². The minimum Gasteiger partial charge on any atom is -0.489 e. The molecule has 0 aliphatic carbocycles. The summed E-state index contributed by atoms with van der Waals surface area (Å²) in [5, 5.41) is 3.36. The third kappa shape index (κ3) is 6.55. The molecule has 108 valence electrons. The van der Waals surface area contributed by atoms with Gasteiger partial charge in [0.15, 0.2) is 0 Å². The molecule has 0 fully saturated rings. The van der Waals surface area contributed by atoms with E-state index in [-0.39, 0.29) is 6.10 Å². The smallest absolute Gasteiger partial charge is 0.142 e. The van der Waals surface area contributed by atoms with Crippen LogP contribution in [-0.4, -0.2) is 30.3 Å². The molecule has 0 unspecified atom stereocenters. The van der Waals surface area contributed by atoms with E-state index < -0.39 is 0 Å². The normalized spacial score (nSPS) is 11.3. The summed E-state index contributed by atoms with van der Waals surface area (Å²) in [6.45, 7) is 12.1. The highest BCUT2D eigenvalue weighted by Gasteiger charge is 2.07. The number of nitrogens with one attached hydrogen (secondary N) is 1. The first-order chi connectivity index (χ1) is 8.99. The summed E-state index contributed by atoms with van der Waals surface area (Å²) in [7, 11) is 0. The fraction of sp³-hybridized carbons (Fsp3) is 0.667. The molecule has 1 heterocycles. The summed E-state index contributed by atoms with van der Waals surface area (Å²) in [4.78, 5) is 4.53. The van der Waals surface area contributed by atoms with E-state index in [9.17, 15) is 0 Å².